The highest BCUT2D eigenvalue weighted by Crippen LogP contribution is 2.38. The van der Waals surface area contributed by atoms with Gasteiger partial charge in [-0.05, 0) is 38.7 Å². The molecule has 2 aliphatic rings. The van der Waals surface area contributed by atoms with Crippen molar-refractivity contribution in [1.82, 2.24) is 9.47 Å². The number of aromatic amines is 1. The largest absolute Gasteiger partial charge is 1.00 e. The van der Waals surface area contributed by atoms with E-state index in [1.807, 2.05) is 31.1 Å². The van der Waals surface area contributed by atoms with Gasteiger partial charge in [-0.3, -0.25) is 9.36 Å². The quantitative estimate of drug-likeness (QED) is 0.354. The number of fused-ring (bicyclic) bond motifs is 5. The maximum absolute atomic E-state index is 13.2. The molecular formula is C23H24ClN3O5. The van der Waals surface area contributed by atoms with E-state index in [4.69, 9.17) is 4.74 Å². The molecule has 3 N–H and O–H groups in total. The second-order valence-electron chi connectivity index (χ2n) is 8.53. The van der Waals surface area contributed by atoms with Gasteiger partial charge in [0.25, 0.3) is 5.56 Å². The maximum atomic E-state index is 13.2. The SMILES string of the molecule is CCC1(O)C(=O)OCc2c1cc1n(c2=O)Cc2cc3c(CN(C)C)c(O)ccc3[nH+]c2-1.[Cl-]. The molecule has 1 atom stereocenters. The molecule has 2 aromatic heterocycles. The second kappa shape index (κ2) is 7.58. The zero-order valence-corrected chi connectivity index (χ0v) is 18.8. The van der Waals surface area contributed by atoms with Crippen LogP contribution in [0.2, 0.25) is 0 Å². The van der Waals surface area contributed by atoms with Gasteiger partial charge in [-0.25, -0.2) is 9.78 Å². The molecule has 0 saturated heterocycles. The van der Waals surface area contributed by atoms with Crippen molar-refractivity contribution in [2.75, 3.05) is 14.1 Å². The van der Waals surface area contributed by atoms with Crippen molar-refractivity contribution in [3.63, 3.8) is 0 Å². The Kier molecular flexibility index (Phi) is 5.27. The van der Waals surface area contributed by atoms with Crippen LogP contribution in [0.25, 0.3) is 22.3 Å². The first kappa shape index (κ1) is 22.3. The van der Waals surface area contributed by atoms with E-state index >= 15 is 0 Å². The zero-order valence-electron chi connectivity index (χ0n) is 18.0. The van der Waals surface area contributed by atoms with Gasteiger partial charge >= 0.3 is 5.97 Å². The third kappa shape index (κ3) is 3.02. The number of esters is 1. The van der Waals surface area contributed by atoms with Gasteiger partial charge in [0.05, 0.1) is 17.5 Å². The molecule has 1 aromatic carbocycles. The Hall–Kier alpha value is -2.94. The van der Waals surface area contributed by atoms with Crippen molar-refractivity contribution in [2.24, 2.45) is 0 Å². The molecule has 0 amide bonds. The number of carbonyl (C=O) groups excluding carboxylic acids is 1. The van der Waals surface area contributed by atoms with Crippen LogP contribution in [0.1, 0.15) is 35.6 Å². The number of nitrogens with zero attached hydrogens (tertiary/aromatic N) is 2. The molecule has 1 unspecified atom stereocenters. The predicted octanol–water partition coefficient (Wildman–Crippen LogP) is -1.73. The van der Waals surface area contributed by atoms with E-state index in [0.29, 0.717) is 29.9 Å². The molecule has 0 fully saturated rings. The lowest BCUT2D eigenvalue weighted by molar-refractivity contribution is -0.331. The van der Waals surface area contributed by atoms with Crippen molar-refractivity contribution < 1.29 is 37.1 Å². The van der Waals surface area contributed by atoms with Gasteiger partial charge in [0.1, 0.15) is 18.1 Å². The Bertz CT molecular complexity index is 1330. The number of H-pyrrole nitrogens is 1. The van der Waals surface area contributed by atoms with Crippen LogP contribution >= 0.6 is 0 Å². The van der Waals surface area contributed by atoms with E-state index in [2.05, 4.69) is 4.98 Å². The summed E-state index contributed by atoms with van der Waals surface area (Å²) in [4.78, 5) is 30.9. The summed E-state index contributed by atoms with van der Waals surface area (Å²) in [5.41, 5.74) is 2.49. The highest BCUT2D eigenvalue weighted by molar-refractivity contribution is 5.86. The Morgan fingerprint density at radius 2 is 2.00 bits per heavy atom. The number of hydrogen-bond acceptors (Lipinski definition) is 6. The number of nitrogens with one attached hydrogen (secondary N) is 1. The molecule has 0 bridgehead atoms. The molecule has 32 heavy (non-hydrogen) atoms. The minimum atomic E-state index is -1.83. The van der Waals surface area contributed by atoms with Crippen LogP contribution in [-0.4, -0.2) is 39.7 Å². The lowest BCUT2D eigenvalue weighted by atomic mass is 9.86. The fraction of sp³-hybridized carbons (Fsp3) is 0.348. The highest BCUT2D eigenvalue weighted by atomic mass is 35.5. The predicted molar refractivity (Wildman–Crippen MR) is 112 cm³/mol. The summed E-state index contributed by atoms with van der Waals surface area (Å²) in [6.45, 7) is 2.48. The standard InChI is InChI=1S/C23H23N3O5.ClH/c1-4-23(30)16-8-18-20-12(9-26(18)21(28)15(16)11-31-22(23)29)7-13-14(10-25(2)3)19(27)6-5-17(13)24-20;/h5-8,27,30H,4,9-11H2,1-3H3;1H. The molecule has 3 aromatic rings. The Labute approximate surface area is 190 Å². The number of aromatic hydroxyl groups is 1. The molecule has 0 spiro atoms. The van der Waals surface area contributed by atoms with Crippen molar-refractivity contribution in [1.29, 1.82) is 0 Å². The molecular weight excluding hydrogens is 434 g/mol. The first-order valence-electron chi connectivity index (χ1n) is 10.3. The number of hydrogen-bond donors (Lipinski definition) is 2. The average Bonchev–Trinajstić information content (AvgIpc) is 3.10. The highest BCUT2D eigenvalue weighted by Gasteiger charge is 2.45. The molecule has 168 valence electrons. The topological polar surface area (TPSA) is 106 Å². The van der Waals surface area contributed by atoms with Gasteiger partial charge in [0.2, 0.25) is 11.2 Å². The van der Waals surface area contributed by atoms with Crippen LogP contribution in [0.5, 0.6) is 5.75 Å². The number of benzene rings is 1. The van der Waals surface area contributed by atoms with Gasteiger partial charge in [0, 0.05) is 29.3 Å². The maximum Gasteiger partial charge on any atom is 0.343 e. The van der Waals surface area contributed by atoms with Gasteiger partial charge in [0.15, 0.2) is 5.60 Å². The van der Waals surface area contributed by atoms with Crippen molar-refractivity contribution >= 4 is 16.9 Å². The average molecular weight is 458 g/mol. The number of rotatable bonds is 3. The Morgan fingerprint density at radius 1 is 1.25 bits per heavy atom. The van der Waals surface area contributed by atoms with Gasteiger partial charge in [-0.15, -0.1) is 0 Å². The third-order valence-corrected chi connectivity index (χ3v) is 6.33. The fourth-order valence-corrected chi connectivity index (χ4v) is 4.66. The lowest BCUT2D eigenvalue weighted by Gasteiger charge is -2.31. The molecule has 2 aliphatic heterocycles. The van der Waals surface area contributed by atoms with Crippen LogP contribution in [0.4, 0.5) is 0 Å². The van der Waals surface area contributed by atoms with E-state index in [-0.39, 0.29) is 36.7 Å². The Morgan fingerprint density at radius 3 is 2.69 bits per heavy atom. The summed E-state index contributed by atoms with van der Waals surface area (Å²) in [6, 6.07) is 7.20. The van der Waals surface area contributed by atoms with Crippen LogP contribution in [0.15, 0.2) is 29.1 Å². The normalized spacial score (nSPS) is 18.7. The summed E-state index contributed by atoms with van der Waals surface area (Å²) in [5, 5.41) is 22.3. The van der Waals surface area contributed by atoms with E-state index in [1.54, 1.807) is 23.6 Å². The number of cyclic esters (lactones) is 1. The smallest absolute Gasteiger partial charge is 0.343 e. The van der Waals surface area contributed by atoms with E-state index in [9.17, 15) is 19.8 Å². The molecule has 4 heterocycles. The minimum Gasteiger partial charge on any atom is -1.00 e. The number of aromatic nitrogens is 2. The van der Waals surface area contributed by atoms with Crippen LogP contribution in [-0.2, 0) is 34.8 Å². The summed E-state index contributed by atoms with van der Waals surface area (Å²) in [5.74, 6) is -0.502. The minimum absolute atomic E-state index is 0. The first-order valence-corrected chi connectivity index (χ1v) is 10.3. The van der Waals surface area contributed by atoms with Gasteiger partial charge < -0.3 is 32.3 Å². The Balaban J connectivity index is 0.00000245. The van der Waals surface area contributed by atoms with Crippen LogP contribution < -0.4 is 23.0 Å². The molecule has 5 rings (SSSR count). The van der Waals surface area contributed by atoms with Crippen molar-refractivity contribution in [3.05, 3.63) is 56.9 Å². The van der Waals surface area contributed by atoms with E-state index in [1.165, 1.54) is 0 Å². The summed E-state index contributed by atoms with van der Waals surface area (Å²) >= 11 is 0. The number of pyridine rings is 2. The van der Waals surface area contributed by atoms with Gasteiger partial charge in [-0.2, -0.15) is 0 Å². The first-order chi connectivity index (χ1) is 14.7. The lowest BCUT2D eigenvalue weighted by Crippen LogP contribution is -3.00. The van der Waals surface area contributed by atoms with E-state index < -0.39 is 11.6 Å². The molecule has 0 radical (unpaired) electrons. The monoisotopic (exact) mass is 457 g/mol. The number of carbonyl (C=O) groups is 1. The molecule has 8 nitrogen and oxygen atoms in total. The zero-order chi connectivity index (χ0) is 22.1. The fourth-order valence-electron chi connectivity index (χ4n) is 4.66. The second-order valence-corrected chi connectivity index (χ2v) is 8.53. The number of ether oxygens (including phenoxy) is 1. The van der Waals surface area contributed by atoms with Gasteiger partial charge in [-0.1, -0.05) is 6.92 Å². The summed E-state index contributed by atoms with van der Waals surface area (Å²) in [6.07, 6.45) is 0.114. The summed E-state index contributed by atoms with van der Waals surface area (Å²) < 4.78 is 6.75. The molecule has 9 heteroatoms. The number of aliphatic hydroxyl groups is 1. The van der Waals surface area contributed by atoms with Crippen LogP contribution in [0, 0.1) is 0 Å². The van der Waals surface area contributed by atoms with Crippen molar-refractivity contribution in [3.8, 4) is 17.1 Å². The number of phenols is 1. The molecule has 0 aliphatic carbocycles. The number of phenolic OH excluding ortho intramolecular Hbond substituents is 1. The summed E-state index contributed by atoms with van der Waals surface area (Å²) in [7, 11) is 3.88. The van der Waals surface area contributed by atoms with Crippen molar-refractivity contribution in [2.45, 2.75) is 38.6 Å². The van der Waals surface area contributed by atoms with E-state index in [0.717, 1.165) is 27.7 Å². The molecule has 0 saturated carbocycles. The van der Waals surface area contributed by atoms with Crippen LogP contribution in [0.3, 0.4) is 0 Å². The number of halogens is 1. The third-order valence-electron chi connectivity index (χ3n) is 6.33.